The SMILES string of the molecule is CC(Oc1ccc2ccccc2c1)C(=O)NNC(=O)c1ccn(C)c(=O)c1. The van der Waals surface area contributed by atoms with Crippen LogP contribution in [0.5, 0.6) is 5.75 Å². The zero-order valence-corrected chi connectivity index (χ0v) is 14.9. The minimum absolute atomic E-state index is 0.154. The van der Waals surface area contributed by atoms with E-state index < -0.39 is 17.9 Å². The first-order valence-corrected chi connectivity index (χ1v) is 8.36. The van der Waals surface area contributed by atoms with E-state index in [0.717, 1.165) is 10.8 Å². The number of hydrazine groups is 1. The maximum atomic E-state index is 12.2. The molecule has 7 nitrogen and oxygen atoms in total. The lowest BCUT2D eigenvalue weighted by molar-refractivity contribution is -0.128. The summed E-state index contributed by atoms with van der Waals surface area (Å²) in [7, 11) is 1.58. The first-order chi connectivity index (χ1) is 12.9. The number of hydrogen-bond donors (Lipinski definition) is 2. The number of nitrogens with zero attached hydrogens (tertiary/aromatic N) is 1. The highest BCUT2D eigenvalue weighted by atomic mass is 16.5. The number of aryl methyl sites for hydroxylation is 1. The third-order valence-electron chi connectivity index (χ3n) is 4.07. The van der Waals surface area contributed by atoms with Crippen molar-refractivity contribution in [2.75, 3.05) is 0 Å². The predicted molar refractivity (Wildman–Crippen MR) is 101 cm³/mol. The molecule has 0 radical (unpaired) electrons. The molecule has 0 saturated carbocycles. The van der Waals surface area contributed by atoms with Gasteiger partial charge in [0.2, 0.25) is 0 Å². The Balaban J connectivity index is 1.58. The predicted octanol–water partition coefficient (Wildman–Crippen LogP) is 1.77. The summed E-state index contributed by atoms with van der Waals surface area (Å²) in [5, 5.41) is 2.07. The highest BCUT2D eigenvalue weighted by molar-refractivity contribution is 5.95. The molecular formula is C20H19N3O4. The number of aromatic nitrogens is 1. The zero-order chi connectivity index (χ0) is 19.4. The first kappa shape index (κ1) is 18.2. The Morgan fingerprint density at radius 2 is 1.74 bits per heavy atom. The molecule has 0 aliphatic carbocycles. The number of nitrogens with one attached hydrogen (secondary N) is 2. The Morgan fingerprint density at radius 3 is 2.48 bits per heavy atom. The number of ether oxygens (including phenoxy) is 1. The number of amides is 2. The van der Waals surface area contributed by atoms with Crippen molar-refractivity contribution in [2.45, 2.75) is 13.0 Å². The van der Waals surface area contributed by atoms with Crippen LogP contribution < -0.4 is 21.1 Å². The summed E-state index contributed by atoms with van der Waals surface area (Å²) < 4.78 is 6.98. The fourth-order valence-electron chi connectivity index (χ4n) is 2.48. The summed E-state index contributed by atoms with van der Waals surface area (Å²) in [5.41, 5.74) is 4.41. The molecule has 0 saturated heterocycles. The number of benzene rings is 2. The van der Waals surface area contributed by atoms with Gasteiger partial charge < -0.3 is 9.30 Å². The largest absolute Gasteiger partial charge is 0.481 e. The lowest BCUT2D eigenvalue weighted by Gasteiger charge is -2.15. The van der Waals surface area contributed by atoms with Crippen molar-refractivity contribution in [1.82, 2.24) is 15.4 Å². The van der Waals surface area contributed by atoms with Crippen LogP contribution >= 0.6 is 0 Å². The zero-order valence-electron chi connectivity index (χ0n) is 14.9. The van der Waals surface area contributed by atoms with E-state index in [1.54, 1.807) is 20.0 Å². The van der Waals surface area contributed by atoms with Crippen LogP contribution in [-0.2, 0) is 11.8 Å². The molecule has 138 valence electrons. The van der Waals surface area contributed by atoms with Gasteiger partial charge >= 0.3 is 0 Å². The Labute approximate surface area is 155 Å². The summed E-state index contributed by atoms with van der Waals surface area (Å²) in [4.78, 5) is 35.7. The van der Waals surface area contributed by atoms with Gasteiger partial charge in [0, 0.05) is 24.9 Å². The third kappa shape index (κ3) is 4.33. The molecule has 27 heavy (non-hydrogen) atoms. The van der Waals surface area contributed by atoms with Gasteiger partial charge in [-0.15, -0.1) is 0 Å². The summed E-state index contributed by atoms with van der Waals surface area (Å²) in [5.74, 6) is -0.548. The normalized spacial score (nSPS) is 11.6. The average molecular weight is 365 g/mol. The van der Waals surface area contributed by atoms with Crippen molar-refractivity contribution in [3.63, 3.8) is 0 Å². The quantitative estimate of drug-likeness (QED) is 0.690. The number of carbonyl (C=O) groups is 2. The standard InChI is InChI=1S/C20H19N3O4/c1-13(27-17-8-7-14-5-3-4-6-15(14)11-17)19(25)21-22-20(26)16-9-10-23(2)18(24)12-16/h3-13H,1-2H3,(H,21,25)(H,22,26). The highest BCUT2D eigenvalue weighted by Gasteiger charge is 2.16. The van der Waals surface area contributed by atoms with E-state index in [1.807, 2.05) is 36.4 Å². The monoisotopic (exact) mass is 365 g/mol. The van der Waals surface area contributed by atoms with Crippen molar-refractivity contribution in [1.29, 1.82) is 0 Å². The number of carbonyl (C=O) groups excluding carboxylic acids is 2. The number of hydrogen-bond acceptors (Lipinski definition) is 4. The molecule has 0 fully saturated rings. The van der Waals surface area contributed by atoms with Gasteiger partial charge in [0.25, 0.3) is 17.4 Å². The molecule has 0 aliphatic heterocycles. The van der Waals surface area contributed by atoms with Crippen LogP contribution in [0.3, 0.4) is 0 Å². The molecular weight excluding hydrogens is 346 g/mol. The van der Waals surface area contributed by atoms with Crippen LogP contribution in [0, 0.1) is 0 Å². The van der Waals surface area contributed by atoms with Gasteiger partial charge in [0.1, 0.15) is 5.75 Å². The molecule has 2 amide bonds. The maximum Gasteiger partial charge on any atom is 0.279 e. The van der Waals surface area contributed by atoms with E-state index in [9.17, 15) is 14.4 Å². The fraction of sp³-hybridized carbons (Fsp3) is 0.150. The van der Waals surface area contributed by atoms with Crippen LogP contribution in [0.4, 0.5) is 0 Å². The second-order valence-corrected chi connectivity index (χ2v) is 6.08. The highest BCUT2D eigenvalue weighted by Crippen LogP contribution is 2.21. The first-order valence-electron chi connectivity index (χ1n) is 8.36. The van der Waals surface area contributed by atoms with Gasteiger partial charge in [-0.25, -0.2) is 0 Å². The fourth-order valence-corrected chi connectivity index (χ4v) is 2.48. The summed E-state index contributed by atoms with van der Waals surface area (Å²) >= 11 is 0. The van der Waals surface area contributed by atoms with E-state index in [0.29, 0.717) is 5.75 Å². The van der Waals surface area contributed by atoms with E-state index >= 15 is 0 Å². The number of fused-ring (bicyclic) bond motifs is 1. The van der Waals surface area contributed by atoms with Crippen molar-refractivity contribution in [3.8, 4) is 5.75 Å². The van der Waals surface area contributed by atoms with Gasteiger partial charge in [-0.05, 0) is 35.9 Å². The summed E-state index contributed by atoms with van der Waals surface area (Å²) in [6.45, 7) is 1.58. The van der Waals surface area contributed by atoms with Crippen molar-refractivity contribution in [2.24, 2.45) is 7.05 Å². The summed E-state index contributed by atoms with van der Waals surface area (Å²) in [6, 6.07) is 16.0. The topological polar surface area (TPSA) is 89.4 Å². The van der Waals surface area contributed by atoms with E-state index in [-0.39, 0.29) is 11.1 Å². The minimum Gasteiger partial charge on any atom is -0.481 e. The van der Waals surface area contributed by atoms with Crippen molar-refractivity contribution < 1.29 is 14.3 Å². The van der Waals surface area contributed by atoms with Crippen LogP contribution in [0.1, 0.15) is 17.3 Å². The molecule has 2 N–H and O–H groups in total. The molecule has 3 aromatic rings. The van der Waals surface area contributed by atoms with E-state index in [1.165, 1.54) is 22.9 Å². The second-order valence-electron chi connectivity index (χ2n) is 6.08. The maximum absolute atomic E-state index is 12.2. The Kier molecular flexibility index (Phi) is 5.21. The van der Waals surface area contributed by atoms with E-state index in [2.05, 4.69) is 10.9 Å². The molecule has 7 heteroatoms. The van der Waals surface area contributed by atoms with Crippen LogP contribution in [0.25, 0.3) is 10.8 Å². The Morgan fingerprint density at radius 1 is 1.00 bits per heavy atom. The van der Waals surface area contributed by atoms with Crippen LogP contribution in [0.15, 0.2) is 65.6 Å². The molecule has 1 atom stereocenters. The lowest BCUT2D eigenvalue weighted by Crippen LogP contribution is -2.47. The second kappa shape index (κ2) is 7.74. The van der Waals surface area contributed by atoms with Crippen LogP contribution in [-0.4, -0.2) is 22.5 Å². The van der Waals surface area contributed by atoms with Gasteiger partial charge in [-0.3, -0.25) is 25.2 Å². The summed E-state index contributed by atoms with van der Waals surface area (Å²) in [6.07, 6.45) is 0.653. The molecule has 2 aromatic carbocycles. The smallest absolute Gasteiger partial charge is 0.279 e. The van der Waals surface area contributed by atoms with E-state index in [4.69, 9.17) is 4.74 Å². The van der Waals surface area contributed by atoms with Gasteiger partial charge in [-0.1, -0.05) is 30.3 Å². The van der Waals surface area contributed by atoms with Crippen molar-refractivity contribution in [3.05, 3.63) is 76.7 Å². The molecule has 0 aliphatic rings. The Hall–Kier alpha value is -3.61. The molecule has 3 rings (SSSR count). The Bertz CT molecular complexity index is 1060. The third-order valence-corrected chi connectivity index (χ3v) is 4.07. The average Bonchev–Trinajstić information content (AvgIpc) is 2.67. The van der Waals surface area contributed by atoms with Crippen molar-refractivity contribution >= 4 is 22.6 Å². The number of rotatable bonds is 4. The minimum atomic E-state index is -0.824. The molecule has 0 bridgehead atoms. The van der Waals surface area contributed by atoms with Gasteiger partial charge in [-0.2, -0.15) is 0 Å². The molecule has 0 spiro atoms. The molecule has 1 heterocycles. The number of pyridine rings is 1. The molecule has 1 aromatic heterocycles. The van der Waals surface area contributed by atoms with Gasteiger partial charge in [0.05, 0.1) is 0 Å². The van der Waals surface area contributed by atoms with Crippen LogP contribution in [0.2, 0.25) is 0 Å². The molecule has 1 unspecified atom stereocenters. The van der Waals surface area contributed by atoms with Gasteiger partial charge in [0.15, 0.2) is 6.10 Å². The lowest BCUT2D eigenvalue weighted by atomic mass is 10.1.